The summed E-state index contributed by atoms with van der Waals surface area (Å²) < 4.78 is 1.25. The highest BCUT2D eigenvalue weighted by Crippen LogP contribution is 2.26. The molecule has 102 valence electrons. The quantitative estimate of drug-likeness (QED) is 0.796. The Bertz CT molecular complexity index is 687. The molecule has 2 heterocycles. The van der Waals surface area contributed by atoms with Crippen molar-refractivity contribution in [3.8, 4) is 0 Å². The van der Waals surface area contributed by atoms with Crippen molar-refractivity contribution in [2.24, 2.45) is 0 Å². The SMILES string of the molecule is CNC(Cc1nc2ccccc2s1)c1ccncc1C. The first-order valence-electron chi connectivity index (χ1n) is 6.70. The highest BCUT2D eigenvalue weighted by molar-refractivity contribution is 7.18. The molecule has 0 aliphatic rings. The third-order valence-corrected chi connectivity index (χ3v) is 4.56. The number of aryl methyl sites for hydroxylation is 1. The number of hydrogen-bond donors (Lipinski definition) is 1. The number of hydrogen-bond acceptors (Lipinski definition) is 4. The van der Waals surface area contributed by atoms with Crippen LogP contribution in [0.2, 0.25) is 0 Å². The second-order valence-corrected chi connectivity index (χ2v) is 5.97. The molecule has 0 radical (unpaired) electrons. The van der Waals surface area contributed by atoms with Crippen molar-refractivity contribution in [3.63, 3.8) is 0 Å². The maximum absolute atomic E-state index is 4.72. The van der Waals surface area contributed by atoms with Crippen LogP contribution in [0, 0.1) is 6.92 Å². The van der Waals surface area contributed by atoms with Crippen LogP contribution in [-0.2, 0) is 6.42 Å². The lowest BCUT2D eigenvalue weighted by molar-refractivity contribution is 0.587. The Kier molecular flexibility index (Phi) is 3.76. The van der Waals surface area contributed by atoms with Crippen LogP contribution in [0.5, 0.6) is 0 Å². The summed E-state index contributed by atoms with van der Waals surface area (Å²) >= 11 is 1.77. The summed E-state index contributed by atoms with van der Waals surface area (Å²) in [5, 5.41) is 4.56. The number of nitrogens with zero attached hydrogens (tertiary/aromatic N) is 2. The van der Waals surface area contributed by atoms with Crippen molar-refractivity contribution in [2.45, 2.75) is 19.4 Å². The van der Waals surface area contributed by atoms with Gasteiger partial charge in [0.05, 0.1) is 15.2 Å². The van der Waals surface area contributed by atoms with E-state index in [1.807, 2.05) is 25.5 Å². The highest BCUT2D eigenvalue weighted by Gasteiger charge is 2.15. The topological polar surface area (TPSA) is 37.8 Å². The summed E-state index contributed by atoms with van der Waals surface area (Å²) in [7, 11) is 2.00. The van der Waals surface area contributed by atoms with Gasteiger partial charge in [-0.25, -0.2) is 4.98 Å². The number of likely N-dealkylation sites (N-methyl/N-ethyl adjacent to an activating group) is 1. The van der Waals surface area contributed by atoms with Gasteiger partial charge in [-0.2, -0.15) is 0 Å². The molecule has 0 bridgehead atoms. The first kappa shape index (κ1) is 13.2. The van der Waals surface area contributed by atoms with Gasteiger partial charge in [-0.3, -0.25) is 4.98 Å². The van der Waals surface area contributed by atoms with Gasteiger partial charge in [-0.05, 0) is 43.3 Å². The third kappa shape index (κ3) is 2.57. The standard InChI is InChI=1S/C16H17N3S/c1-11-10-18-8-7-12(11)14(17-2)9-16-19-13-5-3-4-6-15(13)20-16/h3-8,10,14,17H,9H2,1-2H3. The molecule has 3 aromatic rings. The molecule has 2 aromatic heterocycles. The number of pyridine rings is 1. The van der Waals surface area contributed by atoms with E-state index < -0.39 is 0 Å². The Balaban J connectivity index is 1.90. The molecule has 1 atom stereocenters. The lowest BCUT2D eigenvalue weighted by Crippen LogP contribution is -2.19. The lowest BCUT2D eigenvalue weighted by Gasteiger charge is -2.17. The summed E-state index contributed by atoms with van der Waals surface area (Å²) in [6.45, 7) is 2.10. The summed E-state index contributed by atoms with van der Waals surface area (Å²) in [6.07, 6.45) is 4.67. The minimum atomic E-state index is 0.276. The fourth-order valence-corrected chi connectivity index (χ4v) is 3.44. The van der Waals surface area contributed by atoms with Crippen molar-refractivity contribution in [1.29, 1.82) is 0 Å². The van der Waals surface area contributed by atoms with Gasteiger partial charge in [-0.1, -0.05) is 12.1 Å². The molecule has 3 rings (SSSR count). The molecular weight excluding hydrogens is 266 g/mol. The van der Waals surface area contributed by atoms with E-state index >= 15 is 0 Å². The van der Waals surface area contributed by atoms with Gasteiger partial charge in [0.25, 0.3) is 0 Å². The van der Waals surface area contributed by atoms with Gasteiger partial charge in [0, 0.05) is 24.9 Å². The van der Waals surface area contributed by atoms with E-state index in [2.05, 4.69) is 41.5 Å². The minimum Gasteiger partial charge on any atom is -0.313 e. The van der Waals surface area contributed by atoms with Crippen LogP contribution in [0.15, 0.2) is 42.7 Å². The summed E-state index contributed by atoms with van der Waals surface area (Å²) in [5.41, 5.74) is 3.60. The maximum atomic E-state index is 4.72. The van der Waals surface area contributed by atoms with E-state index in [9.17, 15) is 0 Å². The van der Waals surface area contributed by atoms with Crippen molar-refractivity contribution in [1.82, 2.24) is 15.3 Å². The molecule has 0 spiro atoms. The second kappa shape index (κ2) is 5.69. The zero-order valence-corrected chi connectivity index (χ0v) is 12.4. The Morgan fingerprint density at radius 1 is 1.25 bits per heavy atom. The average Bonchev–Trinajstić information content (AvgIpc) is 2.88. The molecule has 1 unspecified atom stereocenters. The molecule has 0 fully saturated rings. The molecule has 20 heavy (non-hydrogen) atoms. The Morgan fingerprint density at radius 2 is 2.10 bits per heavy atom. The van der Waals surface area contributed by atoms with E-state index in [-0.39, 0.29) is 6.04 Å². The third-order valence-electron chi connectivity index (χ3n) is 3.50. The predicted octanol–water partition coefficient (Wildman–Crippen LogP) is 3.50. The minimum absolute atomic E-state index is 0.276. The van der Waals surface area contributed by atoms with Crippen LogP contribution in [0.25, 0.3) is 10.2 Å². The van der Waals surface area contributed by atoms with Crippen LogP contribution in [0.4, 0.5) is 0 Å². The largest absolute Gasteiger partial charge is 0.313 e. The number of rotatable bonds is 4. The van der Waals surface area contributed by atoms with Gasteiger partial charge < -0.3 is 5.32 Å². The zero-order valence-electron chi connectivity index (χ0n) is 11.6. The van der Waals surface area contributed by atoms with Crippen LogP contribution in [0.3, 0.4) is 0 Å². The van der Waals surface area contributed by atoms with E-state index in [4.69, 9.17) is 4.98 Å². The van der Waals surface area contributed by atoms with Crippen LogP contribution in [-0.4, -0.2) is 17.0 Å². The first-order valence-corrected chi connectivity index (χ1v) is 7.52. The molecule has 4 heteroatoms. The van der Waals surface area contributed by atoms with E-state index in [1.54, 1.807) is 11.3 Å². The van der Waals surface area contributed by atoms with Crippen molar-refractivity contribution in [3.05, 3.63) is 58.9 Å². The van der Waals surface area contributed by atoms with Crippen LogP contribution < -0.4 is 5.32 Å². The van der Waals surface area contributed by atoms with Crippen molar-refractivity contribution in [2.75, 3.05) is 7.05 Å². The first-order chi connectivity index (χ1) is 9.78. The molecule has 0 aliphatic heterocycles. The Morgan fingerprint density at radius 3 is 2.85 bits per heavy atom. The van der Waals surface area contributed by atoms with Crippen LogP contribution >= 0.6 is 11.3 Å². The number of fused-ring (bicyclic) bond motifs is 1. The molecule has 1 aromatic carbocycles. The van der Waals surface area contributed by atoms with Gasteiger partial charge in [-0.15, -0.1) is 11.3 Å². The fraction of sp³-hybridized carbons (Fsp3) is 0.250. The van der Waals surface area contributed by atoms with Crippen molar-refractivity contribution < 1.29 is 0 Å². The average molecular weight is 283 g/mol. The van der Waals surface area contributed by atoms with Gasteiger partial charge >= 0.3 is 0 Å². The van der Waals surface area contributed by atoms with Crippen molar-refractivity contribution >= 4 is 21.6 Å². The van der Waals surface area contributed by atoms with E-state index in [0.29, 0.717) is 0 Å². The van der Waals surface area contributed by atoms with Gasteiger partial charge in [0.2, 0.25) is 0 Å². The normalized spacial score (nSPS) is 12.7. The van der Waals surface area contributed by atoms with Gasteiger partial charge in [0.1, 0.15) is 0 Å². The Hall–Kier alpha value is -1.78. The van der Waals surface area contributed by atoms with E-state index in [1.165, 1.54) is 20.8 Å². The number of benzene rings is 1. The zero-order chi connectivity index (χ0) is 13.9. The molecule has 0 saturated heterocycles. The number of para-hydroxylation sites is 1. The Labute approximate surface area is 122 Å². The summed E-state index contributed by atoms with van der Waals surface area (Å²) in [6, 6.07) is 10.7. The van der Waals surface area contributed by atoms with Crippen LogP contribution in [0.1, 0.15) is 22.2 Å². The molecule has 0 saturated carbocycles. The molecule has 3 nitrogen and oxygen atoms in total. The molecule has 1 N–H and O–H groups in total. The second-order valence-electron chi connectivity index (χ2n) is 4.85. The maximum Gasteiger partial charge on any atom is 0.0957 e. The monoisotopic (exact) mass is 283 g/mol. The summed E-state index contributed by atoms with van der Waals surface area (Å²) in [4.78, 5) is 8.88. The van der Waals surface area contributed by atoms with E-state index in [0.717, 1.165) is 11.9 Å². The number of nitrogens with one attached hydrogen (secondary N) is 1. The predicted molar refractivity (Wildman–Crippen MR) is 84.1 cm³/mol. The fourth-order valence-electron chi connectivity index (χ4n) is 2.42. The molecule has 0 amide bonds. The lowest BCUT2D eigenvalue weighted by atomic mass is 10.0. The van der Waals surface area contributed by atoms with Gasteiger partial charge in [0.15, 0.2) is 0 Å². The molecular formula is C16H17N3S. The summed E-state index contributed by atoms with van der Waals surface area (Å²) in [5.74, 6) is 0. The number of thiazole rings is 1. The number of aromatic nitrogens is 2. The smallest absolute Gasteiger partial charge is 0.0957 e. The highest BCUT2D eigenvalue weighted by atomic mass is 32.1. The molecule has 0 aliphatic carbocycles.